The number of esters is 1. The van der Waals surface area contributed by atoms with E-state index in [1.165, 1.54) is 19.2 Å². The molecule has 1 aromatic carbocycles. The molecule has 0 saturated heterocycles. The van der Waals surface area contributed by atoms with Crippen LogP contribution in [0.1, 0.15) is 5.56 Å². The van der Waals surface area contributed by atoms with E-state index in [4.69, 9.17) is 9.47 Å². The van der Waals surface area contributed by atoms with Crippen molar-refractivity contribution in [2.45, 2.75) is 6.61 Å². The summed E-state index contributed by atoms with van der Waals surface area (Å²) in [5.74, 6) is -0.673. The topological polar surface area (TPSA) is 47.6 Å². The minimum atomic E-state index is -0.468. The van der Waals surface area contributed by atoms with Gasteiger partial charge in [-0.1, -0.05) is 6.07 Å². The molecule has 0 fully saturated rings. The first-order valence-corrected chi connectivity index (χ1v) is 4.80. The minimum Gasteiger partial charge on any atom is -0.494 e. The third-order valence-corrected chi connectivity index (χ3v) is 1.94. The van der Waals surface area contributed by atoms with Crippen LogP contribution in [0.25, 0.3) is 0 Å². The first-order chi connectivity index (χ1) is 7.67. The smallest absolute Gasteiger partial charge is 0.320 e. The summed E-state index contributed by atoms with van der Waals surface area (Å²) in [6.07, 6.45) is 0. The van der Waals surface area contributed by atoms with E-state index in [-0.39, 0.29) is 24.9 Å². The number of nitrogens with one attached hydrogen (secondary N) is 1. The second-order valence-corrected chi connectivity index (χ2v) is 3.16. The molecule has 16 heavy (non-hydrogen) atoms. The lowest BCUT2D eigenvalue weighted by atomic mass is 10.2. The van der Waals surface area contributed by atoms with Crippen LogP contribution in [-0.2, 0) is 16.1 Å². The molecule has 0 aliphatic rings. The summed E-state index contributed by atoms with van der Waals surface area (Å²) in [7, 11) is 3.04. The molecule has 1 rings (SSSR count). The average molecular weight is 227 g/mol. The number of hydrogen-bond donors (Lipinski definition) is 1. The first-order valence-electron chi connectivity index (χ1n) is 4.80. The fraction of sp³-hybridized carbons (Fsp3) is 0.364. The van der Waals surface area contributed by atoms with Gasteiger partial charge in [0.2, 0.25) is 0 Å². The van der Waals surface area contributed by atoms with Crippen molar-refractivity contribution in [3.05, 3.63) is 29.6 Å². The Morgan fingerprint density at radius 3 is 2.81 bits per heavy atom. The SMILES string of the molecule is CNCC(=O)OCc1ccc(OC)c(F)c1. The van der Waals surface area contributed by atoms with Crippen LogP contribution in [0.5, 0.6) is 5.75 Å². The number of rotatable bonds is 5. The Bertz CT molecular complexity index is 368. The van der Waals surface area contributed by atoms with E-state index < -0.39 is 5.82 Å². The van der Waals surface area contributed by atoms with Gasteiger partial charge in [-0.3, -0.25) is 4.79 Å². The van der Waals surface area contributed by atoms with Gasteiger partial charge in [-0.05, 0) is 24.7 Å². The maximum absolute atomic E-state index is 13.2. The summed E-state index contributed by atoms with van der Waals surface area (Å²) in [6.45, 7) is 0.195. The summed E-state index contributed by atoms with van der Waals surface area (Å²) in [5, 5.41) is 2.66. The van der Waals surface area contributed by atoms with E-state index in [0.717, 1.165) is 0 Å². The summed E-state index contributed by atoms with van der Waals surface area (Å²) >= 11 is 0. The Morgan fingerprint density at radius 2 is 2.25 bits per heavy atom. The zero-order chi connectivity index (χ0) is 12.0. The van der Waals surface area contributed by atoms with Crippen LogP contribution in [0, 0.1) is 5.82 Å². The summed E-state index contributed by atoms with van der Waals surface area (Å²) in [5.41, 5.74) is 0.586. The number of ether oxygens (including phenoxy) is 2. The third kappa shape index (κ3) is 3.51. The number of likely N-dealkylation sites (N-methyl/N-ethyl adjacent to an activating group) is 1. The molecule has 0 radical (unpaired) electrons. The standard InChI is InChI=1S/C11H14FNO3/c1-13-6-11(14)16-7-8-3-4-10(15-2)9(12)5-8/h3-5,13H,6-7H2,1-2H3. The molecule has 0 spiro atoms. The highest BCUT2D eigenvalue weighted by Crippen LogP contribution is 2.17. The molecule has 0 aliphatic heterocycles. The Morgan fingerprint density at radius 1 is 1.50 bits per heavy atom. The largest absolute Gasteiger partial charge is 0.494 e. The lowest BCUT2D eigenvalue weighted by Gasteiger charge is -2.06. The molecule has 0 atom stereocenters. The Hall–Kier alpha value is -1.62. The molecule has 0 bridgehead atoms. The fourth-order valence-electron chi connectivity index (χ4n) is 1.16. The molecule has 0 heterocycles. The van der Waals surface area contributed by atoms with Crippen LogP contribution < -0.4 is 10.1 Å². The van der Waals surface area contributed by atoms with Gasteiger partial charge < -0.3 is 14.8 Å². The number of carbonyl (C=O) groups excluding carboxylic acids is 1. The second kappa shape index (κ2) is 6.07. The molecule has 0 unspecified atom stereocenters. The molecule has 1 N–H and O–H groups in total. The maximum Gasteiger partial charge on any atom is 0.320 e. The molecule has 5 heteroatoms. The van der Waals surface area contributed by atoms with Gasteiger partial charge in [0, 0.05) is 0 Å². The van der Waals surface area contributed by atoms with E-state index in [1.807, 2.05) is 0 Å². The van der Waals surface area contributed by atoms with Gasteiger partial charge in [0.05, 0.1) is 13.7 Å². The highest BCUT2D eigenvalue weighted by atomic mass is 19.1. The molecular weight excluding hydrogens is 213 g/mol. The normalized spacial score (nSPS) is 9.94. The molecule has 0 amide bonds. The summed E-state index contributed by atoms with van der Waals surface area (Å²) in [4.78, 5) is 11.0. The fourth-order valence-corrected chi connectivity index (χ4v) is 1.16. The van der Waals surface area contributed by atoms with Crippen molar-refractivity contribution in [1.82, 2.24) is 5.32 Å². The predicted molar refractivity (Wildman–Crippen MR) is 56.7 cm³/mol. The molecule has 0 aliphatic carbocycles. The molecule has 0 saturated carbocycles. The van der Waals surface area contributed by atoms with E-state index in [1.54, 1.807) is 13.1 Å². The van der Waals surface area contributed by atoms with E-state index in [2.05, 4.69) is 5.32 Å². The molecular formula is C11H14FNO3. The second-order valence-electron chi connectivity index (χ2n) is 3.16. The first kappa shape index (κ1) is 12.4. The summed E-state index contributed by atoms with van der Waals surface area (Å²) < 4.78 is 22.9. The monoisotopic (exact) mass is 227 g/mol. The number of carbonyl (C=O) groups is 1. The Balaban J connectivity index is 2.55. The van der Waals surface area contributed by atoms with Gasteiger partial charge in [0.15, 0.2) is 11.6 Å². The average Bonchev–Trinajstić information content (AvgIpc) is 2.27. The van der Waals surface area contributed by atoms with Crippen molar-refractivity contribution in [2.24, 2.45) is 0 Å². The zero-order valence-electron chi connectivity index (χ0n) is 9.25. The van der Waals surface area contributed by atoms with Crippen LogP contribution in [0.15, 0.2) is 18.2 Å². The van der Waals surface area contributed by atoms with Crippen LogP contribution in [0.3, 0.4) is 0 Å². The number of halogens is 1. The van der Waals surface area contributed by atoms with Crippen LogP contribution in [0.4, 0.5) is 4.39 Å². The van der Waals surface area contributed by atoms with Gasteiger partial charge in [-0.2, -0.15) is 0 Å². The maximum atomic E-state index is 13.2. The highest BCUT2D eigenvalue weighted by Gasteiger charge is 2.05. The van der Waals surface area contributed by atoms with Crippen molar-refractivity contribution in [3.8, 4) is 5.75 Å². The van der Waals surface area contributed by atoms with Crippen molar-refractivity contribution in [2.75, 3.05) is 20.7 Å². The Labute approximate surface area is 93.4 Å². The Kier molecular flexibility index (Phi) is 4.72. The highest BCUT2D eigenvalue weighted by molar-refractivity contribution is 5.71. The van der Waals surface area contributed by atoms with Crippen LogP contribution in [-0.4, -0.2) is 26.7 Å². The van der Waals surface area contributed by atoms with Crippen molar-refractivity contribution in [1.29, 1.82) is 0 Å². The minimum absolute atomic E-state index is 0.0570. The van der Waals surface area contributed by atoms with Crippen molar-refractivity contribution in [3.63, 3.8) is 0 Å². The van der Waals surface area contributed by atoms with Crippen LogP contribution >= 0.6 is 0 Å². The van der Waals surface area contributed by atoms with Gasteiger partial charge in [-0.25, -0.2) is 4.39 Å². The molecule has 88 valence electrons. The van der Waals surface area contributed by atoms with Gasteiger partial charge in [0.1, 0.15) is 6.61 Å². The summed E-state index contributed by atoms with van der Waals surface area (Å²) in [6, 6.07) is 4.43. The third-order valence-electron chi connectivity index (χ3n) is 1.94. The van der Waals surface area contributed by atoms with E-state index >= 15 is 0 Å². The lowest BCUT2D eigenvalue weighted by molar-refractivity contribution is -0.143. The van der Waals surface area contributed by atoms with E-state index in [0.29, 0.717) is 5.56 Å². The molecule has 4 nitrogen and oxygen atoms in total. The zero-order valence-corrected chi connectivity index (χ0v) is 9.25. The van der Waals surface area contributed by atoms with Crippen molar-refractivity contribution < 1.29 is 18.7 Å². The number of benzene rings is 1. The lowest BCUT2D eigenvalue weighted by Crippen LogP contribution is -2.20. The quantitative estimate of drug-likeness (QED) is 0.765. The van der Waals surface area contributed by atoms with Crippen molar-refractivity contribution >= 4 is 5.97 Å². The molecule has 1 aromatic rings. The van der Waals surface area contributed by atoms with E-state index in [9.17, 15) is 9.18 Å². The van der Waals surface area contributed by atoms with Gasteiger partial charge >= 0.3 is 5.97 Å². The van der Waals surface area contributed by atoms with Gasteiger partial charge in [-0.15, -0.1) is 0 Å². The predicted octanol–water partition coefficient (Wildman–Crippen LogP) is 1.10. The molecule has 0 aromatic heterocycles. The van der Waals surface area contributed by atoms with Gasteiger partial charge in [0.25, 0.3) is 0 Å². The van der Waals surface area contributed by atoms with Crippen LogP contribution in [0.2, 0.25) is 0 Å². The number of methoxy groups -OCH3 is 1. The number of hydrogen-bond acceptors (Lipinski definition) is 4.